The Morgan fingerprint density at radius 1 is 1.20 bits per heavy atom. The Labute approximate surface area is 149 Å². The fourth-order valence-electron chi connectivity index (χ4n) is 3.02. The van der Waals surface area contributed by atoms with E-state index in [1.165, 1.54) is 5.56 Å². The number of hydrogen-bond donors (Lipinski definition) is 1. The van der Waals surface area contributed by atoms with Crippen LogP contribution in [0.5, 0.6) is 0 Å². The molecule has 0 aliphatic carbocycles. The van der Waals surface area contributed by atoms with Crippen LogP contribution in [0.15, 0.2) is 30.3 Å². The molecule has 0 aromatic heterocycles. The van der Waals surface area contributed by atoms with Crippen LogP contribution >= 0.6 is 0 Å². The number of ether oxygens (including phenoxy) is 4. The van der Waals surface area contributed by atoms with E-state index >= 15 is 0 Å². The topological polar surface area (TPSA) is 80.0 Å². The normalized spacial score (nSPS) is 27.9. The first-order valence-corrected chi connectivity index (χ1v) is 8.80. The van der Waals surface area contributed by atoms with Gasteiger partial charge in [0.1, 0.15) is 12.1 Å². The van der Waals surface area contributed by atoms with Crippen molar-refractivity contribution in [1.82, 2.24) is 0 Å². The molecule has 1 aromatic rings. The minimum absolute atomic E-state index is 0.0676. The highest BCUT2D eigenvalue weighted by Crippen LogP contribution is 2.22. The molecule has 1 aliphatic heterocycles. The summed E-state index contributed by atoms with van der Waals surface area (Å²) in [6, 6.07) is 9.42. The molecule has 140 valence electrons. The molecule has 1 saturated heterocycles. The standard InChI is InChI=1S/C19H29NO5/c1-14-18(24-10-6-9-22-2)16(11-15-7-4-3-5-8-15)12-23-13-17(20)19(21)25-14/h3-5,7-8,14,16-18H,6,9-13,20H2,1-2H3/t14-,16-,17-,18-/m0/s1. The highest BCUT2D eigenvalue weighted by molar-refractivity contribution is 5.75. The molecule has 6 heteroatoms. The molecular formula is C19H29NO5. The quantitative estimate of drug-likeness (QED) is 0.593. The van der Waals surface area contributed by atoms with Crippen LogP contribution in [-0.2, 0) is 30.2 Å². The number of carbonyl (C=O) groups is 1. The van der Waals surface area contributed by atoms with Crippen molar-refractivity contribution in [1.29, 1.82) is 0 Å². The predicted molar refractivity (Wildman–Crippen MR) is 94.2 cm³/mol. The number of carbonyl (C=O) groups excluding carboxylic acids is 1. The van der Waals surface area contributed by atoms with Gasteiger partial charge in [-0.05, 0) is 25.3 Å². The van der Waals surface area contributed by atoms with E-state index in [2.05, 4.69) is 12.1 Å². The van der Waals surface area contributed by atoms with Crippen LogP contribution in [-0.4, -0.2) is 57.8 Å². The zero-order valence-corrected chi connectivity index (χ0v) is 15.1. The molecule has 1 aromatic carbocycles. The second-order valence-electron chi connectivity index (χ2n) is 6.42. The van der Waals surface area contributed by atoms with E-state index in [9.17, 15) is 4.79 Å². The van der Waals surface area contributed by atoms with Gasteiger partial charge in [-0.2, -0.15) is 0 Å². The zero-order chi connectivity index (χ0) is 18.1. The van der Waals surface area contributed by atoms with Gasteiger partial charge >= 0.3 is 5.97 Å². The van der Waals surface area contributed by atoms with Gasteiger partial charge < -0.3 is 24.7 Å². The molecule has 4 atom stereocenters. The summed E-state index contributed by atoms with van der Waals surface area (Å²) in [5, 5.41) is 0. The number of methoxy groups -OCH3 is 1. The van der Waals surface area contributed by atoms with Crippen LogP contribution < -0.4 is 5.73 Å². The maximum atomic E-state index is 12.0. The molecule has 0 unspecified atom stereocenters. The lowest BCUT2D eigenvalue weighted by molar-refractivity contribution is -0.159. The van der Waals surface area contributed by atoms with Gasteiger partial charge in [0.05, 0.1) is 19.3 Å². The highest BCUT2D eigenvalue weighted by atomic mass is 16.6. The molecule has 6 nitrogen and oxygen atoms in total. The van der Waals surface area contributed by atoms with Crippen LogP contribution in [0.1, 0.15) is 18.9 Å². The maximum absolute atomic E-state index is 12.0. The van der Waals surface area contributed by atoms with E-state index in [1.54, 1.807) is 7.11 Å². The fraction of sp³-hybridized carbons (Fsp3) is 0.632. The van der Waals surface area contributed by atoms with Gasteiger partial charge in [0.2, 0.25) is 0 Å². The molecule has 0 saturated carbocycles. The van der Waals surface area contributed by atoms with Crippen LogP contribution in [0.25, 0.3) is 0 Å². The lowest BCUT2D eigenvalue weighted by atomic mass is 9.91. The number of cyclic esters (lactones) is 1. The van der Waals surface area contributed by atoms with Crippen LogP contribution in [0.3, 0.4) is 0 Å². The van der Waals surface area contributed by atoms with Gasteiger partial charge in [0, 0.05) is 26.2 Å². The van der Waals surface area contributed by atoms with Gasteiger partial charge in [-0.1, -0.05) is 30.3 Å². The Morgan fingerprint density at radius 3 is 2.68 bits per heavy atom. The number of benzene rings is 1. The molecule has 2 rings (SSSR count). The summed E-state index contributed by atoms with van der Waals surface area (Å²) in [4.78, 5) is 12.0. The number of hydrogen-bond acceptors (Lipinski definition) is 6. The Hall–Kier alpha value is -1.47. The average molecular weight is 351 g/mol. The number of nitrogens with two attached hydrogens (primary N) is 1. The minimum atomic E-state index is -0.757. The third-order valence-corrected chi connectivity index (χ3v) is 4.31. The summed E-state index contributed by atoms with van der Waals surface area (Å²) in [5.41, 5.74) is 7.00. The molecule has 0 amide bonds. The van der Waals surface area contributed by atoms with Crippen molar-refractivity contribution in [3.05, 3.63) is 35.9 Å². The molecule has 1 fully saturated rings. The second-order valence-corrected chi connectivity index (χ2v) is 6.42. The zero-order valence-electron chi connectivity index (χ0n) is 15.1. The lowest BCUT2D eigenvalue weighted by Crippen LogP contribution is -2.42. The van der Waals surface area contributed by atoms with Crippen molar-refractivity contribution < 1.29 is 23.7 Å². The lowest BCUT2D eigenvalue weighted by Gasteiger charge is -2.30. The number of esters is 1. The summed E-state index contributed by atoms with van der Waals surface area (Å²) < 4.78 is 22.4. The van der Waals surface area contributed by atoms with Crippen molar-refractivity contribution >= 4 is 5.97 Å². The third-order valence-electron chi connectivity index (χ3n) is 4.31. The monoisotopic (exact) mass is 351 g/mol. The molecule has 0 radical (unpaired) electrons. The predicted octanol–water partition coefficient (Wildman–Crippen LogP) is 1.56. The van der Waals surface area contributed by atoms with Gasteiger partial charge in [0.15, 0.2) is 0 Å². The van der Waals surface area contributed by atoms with E-state index in [0.29, 0.717) is 19.8 Å². The van der Waals surface area contributed by atoms with Crippen LogP contribution in [0.2, 0.25) is 0 Å². The minimum Gasteiger partial charge on any atom is -0.459 e. The fourth-order valence-corrected chi connectivity index (χ4v) is 3.02. The van der Waals surface area contributed by atoms with Gasteiger partial charge in [-0.25, -0.2) is 0 Å². The van der Waals surface area contributed by atoms with Gasteiger partial charge in [0.25, 0.3) is 0 Å². The summed E-state index contributed by atoms with van der Waals surface area (Å²) in [5.74, 6) is -0.378. The van der Waals surface area contributed by atoms with Crippen molar-refractivity contribution in [3.63, 3.8) is 0 Å². The van der Waals surface area contributed by atoms with E-state index in [4.69, 9.17) is 24.7 Å². The van der Waals surface area contributed by atoms with Crippen molar-refractivity contribution in [2.45, 2.75) is 38.0 Å². The molecule has 2 N–H and O–H groups in total. The molecule has 1 heterocycles. The Morgan fingerprint density at radius 2 is 1.96 bits per heavy atom. The maximum Gasteiger partial charge on any atom is 0.325 e. The SMILES string of the molecule is COCCCO[C@@H]1[C@@H](Cc2ccccc2)COC[C@H](N)C(=O)O[C@H]1C. The highest BCUT2D eigenvalue weighted by Gasteiger charge is 2.33. The molecular weight excluding hydrogens is 322 g/mol. The van der Waals surface area contributed by atoms with Crippen molar-refractivity contribution in [2.75, 3.05) is 33.5 Å². The van der Waals surface area contributed by atoms with Crippen molar-refractivity contribution in [3.8, 4) is 0 Å². The van der Waals surface area contributed by atoms with Crippen molar-refractivity contribution in [2.24, 2.45) is 11.7 Å². The first kappa shape index (κ1) is 19.8. The largest absolute Gasteiger partial charge is 0.459 e. The van der Waals surface area contributed by atoms with E-state index in [1.807, 2.05) is 25.1 Å². The average Bonchev–Trinajstić information content (AvgIpc) is 2.65. The molecule has 0 spiro atoms. The molecule has 25 heavy (non-hydrogen) atoms. The summed E-state index contributed by atoms with van der Waals surface area (Å²) in [6.45, 7) is 3.66. The van der Waals surface area contributed by atoms with E-state index in [0.717, 1.165) is 12.8 Å². The Bertz CT molecular complexity index is 510. The summed E-state index contributed by atoms with van der Waals surface area (Å²) in [7, 11) is 1.66. The Kier molecular flexibility index (Phi) is 8.34. The summed E-state index contributed by atoms with van der Waals surface area (Å²) in [6.07, 6.45) is 0.918. The summed E-state index contributed by atoms with van der Waals surface area (Å²) >= 11 is 0. The van der Waals surface area contributed by atoms with Crippen LogP contribution in [0.4, 0.5) is 0 Å². The van der Waals surface area contributed by atoms with Gasteiger partial charge in [-0.15, -0.1) is 0 Å². The molecule has 0 bridgehead atoms. The Balaban J connectivity index is 2.11. The van der Waals surface area contributed by atoms with Gasteiger partial charge in [-0.3, -0.25) is 4.79 Å². The van der Waals surface area contributed by atoms with E-state index < -0.39 is 18.1 Å². The van der Waals surface area contributed by atoms with Crippen LogP contribution in [0, 0.1) is 5.92 Å². The first-order valence-electron chi connectivity index (χ1n) is 8.80. The smallest absolute Gasteiger partial charge is 0.325 e. The number of rotatable bonds is 7. The second kappa shape index (κ2) is 10.5. The molecule has 1 aliphatic rings. The van der Waals surface area contributed by atoms with E-state index in [-0.39, 0.29) is 18.6 Å². The third kappa shape index (κ3) is 6.40. The first-order chi connectivity index (χ1) is 12.1.